The second kappa shape index (κ2) is 4.31. The monoisotopic (exact) mass is 250 g/mol. The van der Waals surface area contributed by atoms with E-state index in [0.717, 1.165) is 22.6 Å². The Labute approximate surface area is 105 Å². The van der Waals surface area contributed by atoms with E-state index in [4.69, 9.17) is 21.3 Å². The minimum atomic E-state index is 0.621. The van der Waals surface area contributed by atoms with Crippen LogP contribution in [-0.2, 0) is 11.3 Å². The van der Waals surface area contributed by atoms with Gasteiger partial charge < -0.3 is 9.30 Å². The molecule has 0 amide bonds. The van der Waals surface area contributed by atoms with Crippen molar-refractivity contribution in [3.63, 3.8) is 0 Å². The Kier molecular flexibility index (Phi) is 2.81. The molecular formula is C13H15ClN2O. The molecule has 1 aliphatic carbocycles. The minimum Gasteiger partial charge on any atom is -0.383 e. The molecule has 0 saturated heterocycles. The number of rotatable bonds is 4. The lowest BCUT2D eigenvalue weighted by molar-refractivity contribution is 0.187. The van der Waals surface area contributed by atoms with Crippen LogP contribution in [0.4, 0.5) is 0 Å². The standard InChI is InChI=1S/C13H15ClN2O/c1-17-8-7-16-12-10(14)3-2-4-11(12)15-13(16)9-5-6-9/h2-4,9H,5-8H2,1H3. The molecule has 3 nitrogen and oxygen atoms in total. The zero-order valence-electron chi connectivity index (χ0n) is 9.82. The Hall–Kier alpha value is -1.06. The first-order valence-electron chi connectivity index (χ1n) is 5.95. The molecule has 2 aromatic rings. The van der Waals surface area contributed by atoms with Crippen molar-refractivity contribution >= 4 is 22.6 Å². The summed E-state index contributed by atoms with van der Waals surface area (Å²) < 4.78 is 7.39. The fourth-order valence-electron chi connectivity index (χ4n) is 2.22. The van der Waals surface area contributed by atoms with Crippen molar-refractivity contribution in [3.05, 3.63) is 29.0 Å². The van der Waals surface area contributed by atoms with Crippen molar-refractivity contribution in [2.75, 3.05) is 13.7 Å². The topological polar surface area (TPSA) is 27.1 Å². The van der Waals surface area contributed by atoms with Crippen molar-refractivity contribution < 1.29 is 4.74 Å². The fraction of sp³-hybridized carbons (Fsp3) is 0.462. The molecule has 4 heteroatoms. The predicted octanol–water partition coefficient (Wildman–Crippen LogP) is 3.21. The predicted molar refractivity (Wildman–Crippen MR) is 68.6 cm³/mol. The van der Waals surface area contributed by atoms with E-state index in [-0.39, 0.29) is 0 Å². The van der Waals surface area contributed by atoms with Crippen LogP contribution in [0.15, 0.2) is 18.2 Å². The normalized spacial score (nSPS) is 15.6. The van der Waals surface area contributed by atoms with Gasteiger partial charge in [0.2, 0.25) is 0 Å². The Bertz CT molecular complexity index is 546. The molecule has 0 unspecified atom stereocenters. The number of aromatic nitrogens is 2. The molecule has 1 fully saturated rings. The third kappa shape index (κ3) is 1.94. The summed E-state index contributed by atoms with van der Waals surface area (Å²) in [5.41, 5.74) is 2.05. The Balaban J connectivity index is 2.14. The van der Waals surface area contributed by atoms with Gasteiger partial charge in [0, 0.05) is 19.6 Å². The fourth-order valence-corrected chi connectivity index (χ4v) is 2.49. The highest BCUT2D eigenvalue weighted by Gasteiger charge is 2.29. The first-order valence-corrected chi connectivity index (χ1v) is 6.32. The van der Waals surface area contributed by atoms with Gasteiger partial charge in [-0.05, 0) is 25.0 Å². The molecule has 0 N–H and O–H groups in total. The first-order chi connectivity index (χ1) is 8.31. The van der Waals surface area contributed by atoms with Gasteiger partial charge in [-0.25, -0.2) is 4.98 Å². The second-order valence-corrected chi connectivity index (χ2v) is 4.90. The quantitative estimate of drug-likeness (QED) is 0.833. The lowest BCUT2D eigenvalue weighted by Gasteiger charge is -2.08. The molecule has 1 aromatic carbocycles. The summed E-state index contributed by atoms with van der Waals surface area (Å²) in [6.07, 6.45) is 2.49. The number of hydrogen-bond donors (Lipinski definition) is 0. The van der Waals surface area contributed by atoms with Crippen molar-refractivity contribution in [1.29, 1.82) is 0 Å². The van der Waals surface area contributed by atoms with Gasteiger partial charge in [-0.3, -0.25) is 0 Å². The maximum atomic E-state index is 6.28. The lowest BCUT2D eigenvalue weighted by Crippen LogP contribution is -2.07. The van der Waals surface area contributed by atoms with E-state index in [2.05, 4.69) is 4.57 Å². The second-order valence-electron chi connectivity index (χ2n) is 4.50. The van der Waals surface area contributed by atoms with Gasteiger partial charge in [0.05, 0.1) is 22.7 Å². The molecular weight excluding hydrogens is 236 g/mol. The third-order valence-electron chi connectivity index (χ3n) is 3.21. The van der Waals surface area contributed by atoms with Gasteiger partial charge in [-0.1, -0.05) is 17.7 Å². The molecule has 0 spiro atoms. The number of benzene rings is 1. The zero-order valence-corrected chi connectivity index (χ0v) is 10.6. The van der Waals surface area contributed by atoms with E-state index < -0.39 is 0 Å². The summed E-state index contributed by atoms with van der Waals surface area (Å²) in [6, 6.07) is 5.90. The van der Waals surface area contributed by atoms with Crippen molar-refractivity contribution in [1.82, 2.24) is 9.55 Å². The minimum absolute atomic E-state index is 0.621. The van der Waals surface area contributed by atoms with E-state index in [1.807, 2.05) is 18.2 Å². The average molecular weight is 251 g/mol. The van der Waals surface area contributed by atoms with Crippen LogP contribution < -0.4 is 0 Å². The number of para-hydroxylation sites is 1. The maximum absolute atomic E-state index is 6.28. The summed E-state index contributed by atoms with van der Waals surface area (Å²) in [5, 5.41) is 0.776. The SMILES string of the molecule is COCCn1c(C2CC2)nc2cccc(Cl)c21. The number of halogens is 1. The number of nitrogens with zero attached hydrogens (tertiary/aromatic N) is 2. The number of methoxy groups -OCH3 is 1. The van der Waals surface area contributed by atoms with Crippen LogP contribution in [0.1, 0.15) is 24.6 Å². The molecule has 17 heavy (non-hydrogen) atoms. The highest BCUT2D eigenvalue weighted by atomic mass is 35.5. The summed E-state index contributed by atoms with van der Waals surface area (Å²) in [5.74, 6) is 1.79. The number of ether oxygens (including phenoxy) is 1. The summed E-state index contributed by atoms with van der Waals surface area (Å²) in [6.45, 7) is 1.51. The number of imidazole rings is 1. The molecule has 0 radical (unpaired) electrons. The van der Waals surface area contributed by atoms with E-state index in [0.29, 0.717) is 12.5 Å². The molecule has 1 aliphatic rings. The summed E-state index contributed by atoms with van der Waals surface area (Å²) >= 11 is 6.28. The maximum Gasteiger partial charge on any atom is 0.113 e. The molecule has 1 heterocycles. The average Bonchev–Trinajstić information content (AvgIpc) is 3.09. The van der Waals surface area contributed by atoms with E-state index in [1.165, 1.54) is 18.7 Å². The lowest BCUT2D eigenvalue weighted by atomic mass is 10.3. The van der Waals surface area contributed by atoms with Gasteiger partial charge in [0.25, 0.3) is 0 Å². The smallest absolute Gasteiger partial charge is 0.113 e. The van der Waals surface area contributed by atoms with E-state index in [9.17, 15) is 0 Å². The van der Waals surface area contributed by atoms with Crippen LogP contribution in [0.3, 0.4) is 0 Å². The van der Waals surface area contributed by atoms with Gasteiger partial charge in [0.1, 0.15) is 5.82 Å². The van der Waals surface area contributed by atoms with Crippen LogP contribution in [0, 0.1) is 0 Å². The third-order valence-corrected chi connectivity index (χ3v) is 3.51. The molecule has 0 aliphatic heterocycles. The van der Waals surface area contributed by atoms with Crippen molar-refractivity contribution in [3.8, 4) is 0 Å². The first kappa shape index (κ1) is 11.1. The zero-order chi connectivity index (χ0) is 11.8. The van der Waals surface area contributed by atoms with E-state index in [1.54, 1.807) is 7.11 Å². The van der Waals surface area contributed by atoms with Gasteiger partial charge >= 0.3 is 0 Å². The Morgan fingerprint density at radius 1 is 1.47 bits per heavy atom. The molecule has 1 saturated carbocycles. The van der Waals surface area contributed by atoms with Gasteiger partial charge in [-0.2, -0.15) is 0 Å². The summed E-state index contributed by atoms with van der Waals surface area (Å²) in [7, 11) is 1.72. The van der Waals surface area contributed by atoms with Crippen LogP contribution in [0.2, 0.25) is 5.02 Å². The molecule has 0 bridgehead atoms. The molecule has 1 aromatic heterocycles. The van der Waals surface area contributed by atoms with Crippen molar-refractivity contribution in [2.24, 2.45) is 0 Å². The highest BCUT2D eigenvalue weighted by molar-refractivity contribution is 6.35. The Morgan fingerprint density at radius 3 is 3.00 bits per heavy atom. The number of hydrogen-bond acceptors (Lipinski definition) is 2. The van der Waals surface area contributed by atoms with E-state index >= 15 is 0 Å². The van der Waals surface area contributed by atoms with Gasteiger partial charge in [0.15, 0.2) is 0 Å². The molecule has 3 rings (SSSR count). The van der Waals surface area contributed by atoms with Crippen LogP contribution in [0.5, 0.6) is 0 Å². The van der Waals surface area contributed by atoms with Crippen LogP contribution in [-0.4, -0.2) is 23.3 Å². The molecule has 0 atom stereocenters. The van der Waals surface area contributed by atoms with Gasteiger partial charge in [-0.15, -0.1) is 0 Å². The van der Waals surface area contributed by atoms with Crippen LogP contribution in [0.25, 0.3) is 11.0 Å². The molecule has 90 valence electrons. The Morgan fingerprint density at radius 2 is 2.29 bits per heavy atom. The number of fused-ring (bicyclic) bond motifs is 1. The summed E-state index contributed by atoms with van der Waals surface area (Å²) in [4.78, 5) is 4.71. The van der Waals surface area contributed by atoms with Crippen LogP contribution >= 0.6 is 11.6 Å². The largest absolute Gasteiger partial charge is 0.383 e. The highest BCUT2D eigenvalue weighted by Crippen LogP contribution is 2.41. The van der Waals surface area contributed by atoms with Crippen molar-refractivity contribution in [2.45, 2.75) is 25.3 Å².